The molecule has 0 aliphatic carbocycles. The van der Waals surface area contributed by atoms with Crippen LogP contribution in [-0.4, -0.2) is 25.5 Å². The van der Waals surface area contributed by atoms with Crippen LogP contribution in [-0.2, 0) is 9.59 Å². The van der Waals surface area contributed by atoms with E-state index in [1.165, 1.54) is 4.90 Å². The summed E-state index contributed by atoms with van der Waals surface area (Å²) in [5, 5.41) is 2.86. The molecule has 0 atom stereocenters. The first kappa shape index (κ1) is 16.8. The molecule has 2 aromatic carbocycles. The number of carbonyl (C=O) groups is 2. The first-order valence-electron chi connectivity index (χ1n) is 8.19. The highest BCUT2D eigenvalue weighted by molar-refractivity contribution is 6.06. The maximum Gasteiger partial charge on any atom is 0.264 e. The first-order chi connectivity index (χ1) is 12.1. The zero-order chi connectivity index (χ0) is 17.8. The lowest BCUT2D eigenvalue weighted by Crippen LogP contribution is -2.35. The third-order valence-corrected chi connectivity index (χ3v) is 4.16. The molecule has 0 radical (unpaired) electrons. The Morgan fingerprint density at radius 3 is 2.68 bits per heavy atom. The van der Waals surface area contributed by atoms with Crippen LogP contribution in [0.1, 0.15) is 18.9 Å². The Morgan fingerprint density at radius 1 is 1.20 bits per heavy atom. The number of anilines is 2. The zero-order valence-electron chi connectivity index (χ0n) is 14.3. The molecule has 1 aliphatic rings. The van der Waals surface area contributed by atoms with Crippen LogP contribution in [0.2, 0.25) is 0 Å². The van der Waals surface area contributed by atoms with Gasteiger partial charge in [-0.25, -0.2) is 0 Å². The number of allylic oxidation sites excluding steroid dienone is 1. The summed E-state index contributed by atoms with van der Waals surface area (Å²) in [4.78, 5) is 25.7. The lowest BCUT2D eigenvalue weighted by molar-refractivity contribution is -0.120. The molecule has 1 N–H and O–H groups in total. The topological polar surface area (TPSA) is 58.6 Å². The summed E-state index contributed by atoms with van der Waals surface area (Å²) in [6.07, 6.45) is 2.35. The number of ether oxygens (including phenoxy) is 1. The molecule has 0 unspecified atom stereocenters. The summed E-state index contributed by atoms with van der Waals surface area (Å²) >= 11 is 0. The number of carbonyl (C=O) groups excluding carboxylic acids is 2. The van der Waals surface area contributed by atoms with Crippen molar-refractivity contribution in [1.29, 1.82) is 0 Å². The number of hydrogen-bond donors (Lipinski definition) is 1. The molecule has 1 heterocycles. The van der Waals surface area contributed by atoms with Crippen molar-refractivity contribution >= 4 is 28.8 Å². The van der Waals surface area contributed by atoms with Gasteiger partial charge < -0.3 is 15.0 Å². The van der Waals surface area contributed by atoms with Gasteiger partial charge in [0, 0.05) is 13.1 Å². The fourth-order valence-corrected chi connectivity index (χ4v) is 2.77. The molecule has 0 saturated heterocycles. The maximum atomic E-state index is 12.5. The summed E-state index contributed by atoms with van der Waals surface area (Å²) in [7, 11) is 1.69. The predicted molar refractivity (Wildman–Crippen MR) is 98.7 cm³/mol. The smallest absolute Gasteiger partial charge is 0.264 e. The summed E-state index contributed by atoms with van der Waals surface area (Å²) in [5.74, 6) is 0.176. The molecule has 5 heteroatoms. The minimum Gasteiger partial charge on any atom is -0.479 e. The van der Waals surface area contributed by atoms with Gasteiger partial charge in [-0.3, -0.25) is 9.59 Å². The van der Waals surface area contributed by atoms with Gasteiger partial charge in [0.25, 0.3) is 5.91 Å². The van der Waals surface area contributed by atoms with Crippen molar-refractivity contribution in [3.8, 4) is 5.75 Å². The standard InChI is InChI=1S/C20H20N2O3/c1-3-14(15-8-5-4-6-9-15)12-18(23)21-16-10-7-11-17-20(16)25-13-19(24)22(17)2/h4-12H,3,13H2,1-2H3,(H,21,23)/b14-12+. The van der Waals surface area contributed by atoms with E-state index >= 15 is 0 Å². The second kappa shape index (κ2) is 7.21. The zero-order valence-corrected chi connectivity index (χ0v) is 14.3. The highest BCUT2D eigenvalue weighted by Crippen LogP contribution is 2.38. The van der Waals surface area contributed by atoms with Gasteiger partial charge in [0.15, 0.2) is 12.4 Å². The Kier molecular flexibility index (Phi) is 4.84. The van der Waals surface area contributed by atoms with Crippen molar-refractivity contribution in [2.75, 3.05) is 23.9 Å². The minimum atomic E-state index is -0.225. The van der Waals surface area contributed by atoms with Crippen LogP contribution >= 0.6 is 0 Å². The summed E-state index contributed by atoms with van der Waals surface area (Å²) in [6.45, 7) is 1.98. The largest absolute Gasteiger partial charge is 0.479 e. The van der Waals surface area contributed by atoms with Gasteiger partial charge in [0.05, 0.1) is 11.4 Å². The number of fused-ring (bicyclic) bond motifs is 1. The van der Waals surface area contributed by atoms with Crippen molar-refractivity contribution in [2.24, 2.45) is 0 Å². The molecule has 0 bridgehead atoms. The van der Waals surface area contributed by atoms with Crippen LogP contribution in [0.5, 0.6) is 5.75 Å². The first-order valence-corrected chi connectivity index (χ1v) is 8.19. The van der Waals surface area contributed by atoms with E-state index in [0.29, 0.717) is 17.1 Å². The summed E-state index contributed by atoms with van der Waals surface area (Å²) in [6, 6.07) is 15.2. The van der Waals surface area contributed by atoms with E-state index in [1.54, 1.807) is 31.3 Å². The van der Waals surface area contributed by atoms with Gasteiger partial charge in [0.2, 0.25) is 5.91 Å². The summed E-state index contributed by atoms with van der Waals surface area (Å²) in [5.41, 5.74) is 3.19. The molecular weight excluding hydrogens is 316 g/mol. The Labute approximate surface area is 146 Å². The molecule has 1 aliphatic heterocycles. The molecule has 0 aromatic heterocycles. The number of para-hydroxylation sites is 1. The van der Waals surface area contributed by atoms with Gasteiger partial charge in [-0.2, -0.15) is 0 Å². The molecule has 2 amide bonds. The van der Waals surface area contributed by atoms with E-state index in [-0.39, 0.29) is 18.4 Å². The lowest BCUT2D eigenvalue weighted by Gasteiger charge is -2.27. The summed E-state index contributed by atoms with van der Waals surface area (Å²) < 4.78 is 5.53. The number of benzene rings is 2. The Balaban J connectivity index is 1.84. The van der Waals surface area contributed by atoms with Crippen LogP contribution in [0.4, 0.5) is 11.4 Å². The molecule has 0 saturated carbocycles. The molecule has 0 spiro atoms. The Bertz CT molecular complexity index is 828. The highest BCUT2D eigenvalue weighted by Gasteiger charge is 2.24. The molecular formula is C20H20N2O3. The highest BCUT2D eigenvalue weighted by atomic mass is 16.5. The monoisotopic (exact) mass is 336 g/mol. The molecule has 128 valence electrons. The van der Waals surface area contributed by atoms with Crippen molar-refractivity contribution < 1.29 is 14.3 Å². The van der Waals surface area contributed by atoms with Crippen molar-refractivity contribution in [3.05, 3.63) is 60.2 Å². The average Bonchev–Trinajstić information content (AvgIpc) is 2.64. The van der Waals surface area contributed by atoms with Gasteiger partial charge in [0.1, 0.15) is 0 Å². The molecule has 5 nitrogen and oxygen atoms in total. The van der Waals surface area contributed by atoms with Gasteiger partial charge >= 0.3 is 0 Å². The minimum absolute atomic E-state index is 0.0313. The number of nitrogens with zero attached hydrogens (tertiary/aromatic N) is 1. The lowest BCUT2D eigenvalue weighted by atomic mass is 10.0. The number of nitrogens with one attached hydrogen (secondary N) is 1. The van der Waals surface area contributed by atoms with Gasteiger partial charge in [-0.05, 0) is 29.7 Å². The van der Waals surface area contributed by atoms with E-state index < -0.39 is 0 Å². The van der Waals surface area contributed by atoms with Crippen LogP contribution in [0.3, 0.4) is 0 Å². The van der Waals surface area contributed by atoms with Crippen molar-refractivity contribution in [1.82, 2.24) is 0 Å². The number of likely N-dealkylation sites (N-methyl/N-ethyl adjacent to an activating group) is 1. The maximum absolute atomic E-state index is 12.5. The predicted octanol–water partition coefficient (Wildman–Crippen LogP) is 3.47. The third kappa shape index (κ3) is 3.55. The van der Waals surface area contributed by atoms with Crippen molar-refractivity contribution in [3.63, 3.8) is 0 Å². The van der Waals surface area contributed by atoms with Crippen molar-refractivity contribution in [2.45, 2.75) is 13.3 Å². The van der Waals surface area contributed by atoms with E-state index in [4.69, 9.17) is 4.74 Å². The van der Waals surface area contributed by atoms with Crippen LogP contribution in [0.15, 0.2) is 54.6 Å². The quantitative estimate of drug-likeness (QED) is 0.870. The van der Waals surface area contributed by atoms with Gasteiger partial charge in [-0.1, -0.05) is 43.3 Å². The van der Waals surface area contributed by atoms with Gasteiger partial charge in [-0.15, -0.1) is 0 Å². The number of hydrogen-bond acceptors (Lipinski definition) is 3. The van der Waals surface area contributed by atoms with E-state index in [2.05, 4.69) is 5.32 Å². The van der Waals surface area contributed by atoms with Crippen LogP contribution in [0.25, 0.3) is 5.57 Å². The molecule has 3 rings (SSSR count). The fourth-order valence-electron chi connectivity index (χ4n) is 2.77. The normalized spacial score (nSPS) is 13.9. The second-order valence-electron chi connectivity index (χ2n) is 5.77. The van der Waals surface area contributed by atoms with Crippen LogP contribution < -0.4 is 15.0 Å². The van der Waals surface area contributed by atoms with E-state index in [0.717, 1.165) is 17.6 Å². The second-order valence-corrected chi connectivity index (χ2v) is 5.77. The van der Waals surface area contributed by atoms with E-state index in [9.17, 15) is 9.59 Å². The average molecular weight is 336 g/mol. The number of rotatable bonds is 4. The fraction of sp³-hybridized carbons (Fsp3) is 0.200. The van der Waals surface area contributed by atoms with Crippen LogP contribution in [0, 0.1) is 0 Å². The SMILES string of the molecule is CC/C(=C\C(=O)Nc1cccc2c1OCC(=O)N2C)c1ccccc1. The third-order valence-electron chi connectivity index (χ3n) is 4.16. The Morgan fingerprint density at radius 2 is 1.96 bits per heavy atom. The molecule has 25 heavy (non-hydrogen) atoms. The Hall–Kier alpha value is -3.08. The molecule has 0 fully saturated rings. The molecule has 2 aromatic rings. The number of amides is 2. The van der Waals surface area contributed by atoms with E-state index in [1.807, 2.05) is 37.3 Å².